The summed E-state index contributed by atoms with van der Waals surface area (Å²) in [5, 5.41) is 22.3. The third-order valence-corrected chi connectivity index (χ3v) is 19.4. The van der Waals surface area contributed by atoms with Gasteiger partial charge in [0.05, 0.1) is 74.4 Å². The third kappa shape index (κ3) is 19.3. The minimum atomic E-state index is -1.53. The van der Waals surface area contributed by atoms with Gasteiger partial charge in [0, 0.05) is 79.1 Å². The molecule has 8 aromatic rings. The number of carbonyl (C=O) groups is 7. The minimum Gasteiger partial charge on any atom is -0.496 e. The number of fused-ring (bicyclic) bond motifs is 1. The fourth-order valence-electron chi connectivity index (χ4n) is 12.1. The molecule has 1 fully saturated rings. The van der Waals surface area contributed by atoms with Crippen molar-refractivity contribution >= 4 is 86.1 Å². The lowest BCUT2D eigenvalue weighted by atomic mass is 9.95. The Bertz CT molecular complexity index is 4460. The van der Waals surface area contributed by atoms with Crippen LogP contribution in [0.3, 0.4) is 0 Å². The number of nitrogens with two attached hydrogens (primary N) is 2. The van der Waals surface area contributed by atoms with Gasteiger partial charge in [-0.15, -0.1) is 11.3 Å². The van der Waals surface area contributed by atoms with Crippen molar-refractivity contribution in [3.05, 3.63) is 167 Å². The Morgan fingerprint density at radius 2 is 1.56 bits per heavy atom. The van der Waals surface area contributed by atoms with E-state index in [1.54, 1.807) is 88.7 Å². The number of hydrogen-bond donors (Lipinski definition) is 7. The molecule has 5 aromatic carbocycles. The summed E-state index contributed by atoms with van der Waals surface area (Å²) >= 11 is 8.33. The van der Waals surface area contributed by atoms with Crippen LogP contribution in [0.15, 0.2) is 128 Å². The van der Waals surface area contributed by atoms with E-state index in [9.17, 15) is 43.1 Å². The van der Waals surface area contributed by atoms with Crippen LogP contribution in [0.2, 0.25) is 5.02 Å². The number of thiophene rings is 1. The number of quaternary nitrogens is 1. The third-order valence-electron chi connectivity index (χ3n) is 17.8. The molecule has 1 saturated heterocycles. The van der Waals surface area contributed by atoms with Gasteiger partial charge in [0.25, 0.3) is 11.8 Å². The zero-order chi connectivity index (χ0) is 74.2. The monoisotopic (exact) mass is 1460 g/mol. The number of nitrogens with one attached hydrogen (secondary N) is 4. The van der Waals surface area contributed by atoms with Crippen molar-refractivity contribution in [2.75, 3.05) is 90.8 Å². The topological polar surface area (TPSA) is 344 Å². The number of benzene rings is 5. The summed E-state index contributed by atoms with van der Waals surface area (Å²) in [5.74, 6) is -4.82. The molecule has 30 heteroatoms. The number of methoxy groups -OCH3 is 1. The molecule has 2 aliphatic rings. The minimum absolute atomic E-state index is 0.0201. The number of ether oxygens (including phenoxy) is 5. The molecule has 0 unspecified atom stereocenters. The van der Waals surface area contributed by atoms with Gasteiger partial charge in [0.2, 0.25) is 29.7 Å². The van der Waals surface area contributed by atoms with Gasteiger partial charge in [-0.2, -0.15) is 0 Å². The smallest absolute Gasteiger partial charge is 0.345 e. The lowest BCUT2D eigenvalue weighted by molar-refractivity contribution is -0.926. The maximum atomic E-state index is 15.3. The van der Waals surface area contributed by atoms with E-state index < -0.39 is 77.0 Å². The van der Waals surface area contributed by atoms with E-state index in [0.717, 1.165) is 58.5 Å². The van der Waals surface area contributed by atoms with Crippen molar-refractivity contribution in [1.29, 1.82) is 0 Å². The summed E-state index contributed by atoms with van der Waals surface area (Å²) in [4.78, 5) is 111. The Hall–Kier alpha value is -10.7. The number of carboxylic acid groups (broad SMARTS) is 1. The van der Waals surface area contributed by atoms with Crippen LogP contribution in [-0.2, 0) is 53.1 Å². The molecule has 7 amide bonds. The second-order valence-corrected chi connectivity index (χ2v) is 27.0. The Labute approximate surface area is 607 Å². The van der Waals surface area contributed by atoms with Crippen LogP contribution in [0.5, 0.6) is 23.1 Å². The summed E-state index contributed by atoms with van der Waals surface area (Å²) in [5.41, 5.74) is 15.8. The van der Waals surface area contributed by atoms with Crippen LogP contribution < -0.4 is 51.7 Å². The van der Waals surface area contributed by atoms with Gasteiger partial charge < -0.3 is 66.0 Å². The van der Waals surface area contributed by atoms with E-state index in [0.29, 0.717) is 91.5 Å². The van der Waals surface area contributed by atoms with Crippen molar-refractivity contribution in [2.45, 2.75) is 77.8 Å². The summed E-state index contributed by atoms with van der Waals surface area (Å²) in [7, 11) is 3.75. The highest BCUT2D eigenvalue weighted by molar-refractivity contribution is 7.22. The van der Waals surface area contributed by atoms with Crippen LogP contribution in [0.4, 0.5) is 25.0 Å². The SMILES string of the molecule is COc1ccccc1-c1nccc(COc2ccccc2C[C@@H](Oc2ncnc3sc(-c4cc(N)c(F)c(F)c4)c(-c4ccc(OCCN5CC[N+](C)(Cc6ccc(NC(=O)[C@H](CCCNC(N)=O)NC(=O)[C@@H](NC(=O)CCOCCN7C(=O)C=CC7=O)C(C)C)cc6)CC5)c(Cl)c4C)c23)C(=O)O)n1. The van der Waals surface area contributed by atoms with Gasteiger partial charge in [0.1, 0.15) is 60.2 Å². The molecule has 5 heterocycles. The molecule has 104 heavy (non-hydrogen) atoms. The first-order valence-electron chi connectivity index (χ1n) is 33.7. The number of carboxylic acids is 1. The van der Waals surface area contributed by atoms with Gasteiger partial charge >= 0.3 is 12.0 Å². The van der Waals surface area contributed by atoms with Gasteiger partial charge in [0.15, 0.2) is 17.5 Å². The number of aromatic nitrogens is 4. The molecule has 9 N–H and O–H groups in total. The second kappa shape index (κ2) is 35.0. The standard InChI is InChI=1S/C74H80ClF2N13O13S/c1-43(2)66(87-59(91)25-34-100-35-31-89-60(92)22-23-61(89)93)70(95)86-54(13-10-26-81-74(79)98)69(94)85-48-18-16-45(17-19-48)40-90(4)32-28-88(29-33-90)30-36-101-57-21-20-50(44(3)64(57)75)62-63-71(82-42-83-72(63)104-67(62)47-37-52(76)65(77)53(78)38-47)103-58(73(96)97)39-46-11-6-8-14-55(46)102-41-49-24-27-80-68(84-49)51-12-7-9-15-56(51)99-5/h6-9,11-12,14-24,27,37-38,42-43,54,58,66H,10,13,25-26,28-36,39-41,78H2,1-5H3,(H6-,79,81,85,86,87,91,94,95,96,97,98)/p+1/t54-,58+,66-/m0/s1. The first-order valence-corrected chi connectivity index (χ1v) is 34.9. The molecule has 546 valence electrons. The quantitative estimate of drug-likeness (QED) is 0.00858. The summed E-state index contributed by atoms with van der Waals surface area (Å²) in [6.07, 6.45) is 3.81. The first-order chi connectivity index (χ1) is 50.0. The number of piperazine rings is 1. The average Bonchev–Trinajstić information content (AvgIpc) is 1.56. The number of imide groups is 1. The number of para-hydroxylation sites is 2. The molecule has 3 atom stereocenters. The molecule has 0 spiro atoms. The Kier molecular flexibility index (Phi) is 25.5. The largest absolute Gasteiger partial charge is 0.496 e. The number of hydrogen-bond acceptors (Lipinski definition) is 19. The van der Waals surface area contributed by atoms with Crippen molar-refractivity contribution in [1.82, 2.24) is 45.7 Å². The van der Waals surface area contributed by atoms with Crippen LogP contribution >= 0.6 is 22.9 Å². The number of nitrogens with zero attached hydrogens (tertiary/aromatic N) is 7. The van der Waals surface area contributed by atoms with E-state index in [2.05, 4.69) is 48.2 Å². The number of rotatable bonds is 34. The van der Waals surface area contributed by atoms with Gasteiger partial charge in [-0.25, -0.2) is 38.3 Å². The van der Waals surface area contributed by atoms with E-state index in [1.807, 2.05) is 36.4 Å². The number of anilines is 2. The summed E-state index contributed by atoms with van der Waals surface area (Å²) in [6, 6.07) is 26.5. The second-order valence-electron chi connectivity index (χ2n) is 25.6. The number of carbonyl (C=O) groups excluding carboxylic acids is 6. The van der Waals surface area contributed by atoms with Crippen LogP contribution in [0.1, 0.15) is 55.5 Å². The molecular formula is C74H81ClF2N13O13S+. The molecule has 2 aliphatic heterocycles. The highest BCUT2D eigenvalue weighted by atomic mass is 35.5. The van der Waals surface area contributed by atoms with E-state index in [1.165, 1.54) is 24.5 Å². The van der Waals surface area contributed by atoms with E-state index >= 15 is 4.39 Å². The number of aliphatic carboxylic acids is 1. The zero-order valence-electron chi connectivity index (χ0n) is 57.9. The lowest BCUT2D eigenvalue weighted by Crippen LogP contribution is -2.57. The molecular weight excluding hydrogens is 1380 g/mol. The van der Waals surface area contributed by atoms with E-state index in [4.69, 9.17) is 51.7 Å². The number of nitrogen functional groups attached to an aromatic ring is 1. The molecule has 0 aliphatic carbocycles. The Morgan fingerprint density at radius 3 is 2.27 bits per heavy atom. The van der Waals surface area contributed by atoms with Crippen molar-refractivity contribution in [3.63, 3.8) is 0 Å². The highest BCUT2D eigenvalue weighted by Crippen LogP contribution is 2.50. The fraction of sp³-hybridized carbons (Fsp3) is 0.338. The predicted molar refractivity (Wildman–Crippen MR) is 386 cm³/mol. The molecule has 0 bridgehead atoms. The number of likely N-dealkylation sites (N-methyl/N-ethyl adjacent to an activating group) is 1. The molecule has 0 saturated carbocycles. The van der Waals surface area contributed by atoms with Gasteiger partial charge in [-0.3, -0.25) is 33.8 Å². The first kappa shape index (κ1) is 75.9. The summed E-state index contributed by atoms with van der Waals surface area (Å²) in [6.45, 7) is 10.2. The number of halogens is 3. The molecule has 26 nitrogen and oxygen atoms in total. The average molecular weight is 1470 g/mol. The number of amides is 7. The Morgan fingerprint density at radius 1 is 0.827 bits per heavy atom. The van der Waals surface area contributed by atoms with Crippen LogP contribution in [0.25, 0.3) is 43.2 Å². The van der Waals surface area contributed by atoms with Crippen LogP contribution in [-0.4, -0.2) is 179 Å². The van der Waals surface area contributed by atoms with Crippen LogP contribution in [0, 0.1) is 24.5 Å². The normalized spacial score (nSPS) is 14.4. The Balaban J connectivity index is 0.756. The lowest BCUT2D eigenvalue weighted by Gasteiger charge is -2.42. The zero-order valence-corrected chi connectivity index (χ0v) is 59.5. The van der Waals surface area contributed by atoms with E-state index in [-0.39, 0.29) is 86.5 Å². The highest BCUT2D eigenvalue weighted by Gasteiger charge is 2.33. The summed E-state index contributed by atoms with van der Waals surface area (Å²) < 4.78 is 60.9. The predicted octanol–water partition coefficient (Wildman–Crippen LogP) is 8.65. The van der Waals surface area contributed by atoms with Crippen molar-refractivity contribution in [2.24, 2.45) is 11.7 Å². The number of primary amides is 1. The fourth-order valence-corrected chi connectivity index (χ4v) is 13.4. The van der Waals surface area contributed by atoms with Crippen molar-refractivity contribution in [3.8, 4) is 56.1 Å². The maximum absolute atomic E-state index is 15.3. The van der Waals surface area contributed by atoms with Gasteiger partial charge in [-0.05, 0) is 103 Å². The molecule has 3 aromatic heterocycles. The van der Waals surface area contributed by atoms with Gasteiger partial charge in [-0.1, -0.05) is 74.0 Å². The molecule has 0 radical (unpaired) electrons. The van der Waals surface area contributed by atoms with Crippen molar-refractivity contribution < 1.29 is 75.6 Å². The maximum Gasteiger partial charge on any atom is 0.345 e. The number of urea groups is 1. The molecule has 10 rings (SSSR count).